The van der Waals surface area contributed by atoms with E-state index in [9.17, 15) is 0 Å². The summed E-state index contributed by atoms with van der Waals surface area (Å²) >= 11 is 23.3. The van der Waals surface area contributed by atoms with Crippen molar-refractivity contribution in [2.45, 2.75) is 62.3 Å². The van der Waals surface area contributed by atoms with Crippen molar-refractivity contribution in [1.29, 1.82) is 0 Å². The number of nitrogens with zero attached hydrogens (tertiary/aromatic N) is 3. The van der Waals surface area contributed by atoms with Crippen LogP contribution in [0.2, 0.25) is 0 Å². The number of thiophene rings is 12. The van der Waals surface area contributed by atoms with E-state index in [4.69, 9.17) is 13.3 Å². The molecule has 0 atom stereocenters. The van der Waals surface area contributed by atoms with Gasteiger partial charge < -0.3 is 27.0 Å². The summed E-state index contributed by atoms with van der Waals surface area (Å²) < 4.78 is 60.7. The Hall–Kier alpha value is -9.48. The molecule has 0 bridgehead atoms. The van der Waals surface area contributed by atoms with Crippen LogP contribution in [0.3, 0.4) is 0 Å². The Labute approximate surface area is 679 Å². The molecule has 27 rings (SSSR count). The van der Waals surface area contributed by atoms with Crippen molar-refractivity contribution < 1.29 is 13.3 Å². The smallest absolute Gasteiger partial charge is 0.171 e. The maximum atomic E-state index is 6.78. The topological polar surface area (TPSA) is 54.2 Å². The average molecular weight is 1650 g/mol. The molecule has 0 unspecified atom stereocenters. The van der Waals surface area contributed by atoms with Gasteiger partial charge in [0.1, 0.15) is 27.7 Å². The standard InChI is InChI=1S/3C31H19NOS4/c1-14-4-8-17(9-5-14)32-20-12-15(2)6-10-18(20)23-22(32)26-24(33-23)27-29(36-26)31-30(37-27)28-25(35-31)19-11-7-16(3)13-21(19)34-28;2*1-14-4-8-17(9-5-14)32-22-18-10-6-15(2)12-20(18)33-24(22)26-23(32)27-29(36-26)31-30(37-27)28-25(35-31)19-11-7-16(3)13-21(19)34-28/h3*4-13H,1-3H3. The van der Waals surface area contributed by atoms with E-state index in [1.807, 2.05) is 136 Å². The molecule has 0 amide bonds. The molecular weight excluding hydrogens is 1590 g/mol. The van der Waals surface area contributed by atoms with E-state index in [0.717, 1.165) is 33.5 Å². The molecule has 18 aromatic heterocycles. The van der Waals surface area contributed by atoms with Gasteiger partial charge in [-0.2, -0.15) is 0 Å². The summed E-state index contributed by atoms with van der Waals surface area (Å²) in [6.07, 6.45) is 0. The molecule has 0 saturated carbocycles. The number of aryl methyl sites for hydroxylation is 9. The molecule has 0 aliphatic rings. The van der Waals surface area contributed by atoms with Crippen LogP contribution in [-0.4, -0.2) is 13.7 Å². The highest BCUT2D eigenvalue weighted by atomic mass is 32.2. The molecule has 0 N–H and O–H groups in total. The van der Waals surface area contributed by atoms with Crippen molar-refractivity contribution in [2.24, 2.45) is 0 Å². The number of rotatable bonds is 3. The Morgan fingerprint density at radius 1 is 0.189 bits per heavy atom. The lowest BCUT2D eigenvalue weighted by Crippen LogP contribution is -1.93. The monoisotopic (exact) mass is 1650 g/mol. The minimum Gasteiger partial charge on any atom is -0.453 e. The first-order chi connectivity index (χ1) is 54.1. The van der Waals surface area contributed by atoms with Crippen LogP contribution >= 0.6 is 136 Å². The molecule has 0 aliphatic heterocycles. The minimum absolute atomic E-state index is 0.966. The van der Waals surface area contributed by atoms with Crippen LogP contribution in [0, 0.1) is 62.3 Å². The number of aromatic nitrogens is 3. The van der Waals surface area contributed by atoms with Crippen molar-refractivity contribution in [3.63, 3.8) is 0 Å². The van der Waals surface area contributed by atoms with Gasteiger partial charge in [0.25, 0.3) is 0 Å². The fraction of sp³-hybridized carbons (Fsp3) is 0.0968. The lowest BCUT2D eigenvalue weighted by atomic mass is 10.2. The molecule has 18 heterocycles. The van der Waals surface area contributed by atoms with Crippen LogP contribution in [-0.2, 0) is 0 Å². The van der Waals surface area contributed by atoms with Gasteiger partial charge in [-0.1, -0.05) is 108 Å². The first-order valence-electron chi connectivity index (χ1n) is 36.8. The van der Waals surface area contributed by atoms with E-state index in [1.54, 1.807) is 0 Å². The second kappa shape index (κ2) is 23.3. The van der Waals surface area contributed by atoms with Crippen molar-refractivity contribution in [2.75, 3.05) is 0 Å². The Bertz CT molecular complexity index is 8410. The van der Waals surface area contributed by atoms with Crippen LogP contribution in [0.15, 0.2) is 195 Å². The molecule has 18 heteroatoms. The minimum atomic E-state index is 0.966. The average Bonchev–Trinajstić information content (AvgIpc) is 1.54. The van der Waals surface area contributed by atoms with Crippen molar-refractivity contribution in [3.05, 3.63) is 232 Å². The van der Waals surface area contributed by atoms with Gasteiger partial charge in [0.2, 0.25) is 0 Å². The lowest BCUT2D eigenvalue weighted by molar-refractivity contribution is 0.672. The molecule has 0 fully saturated rings. The van der Waals surface area contributed by atoms with Crippen LogP contribution in [0.4, 0.5) is 0 Å². The van der Waals surface area contributed by atoms with E-state index >= 15 is 0 Å². The zero-order valence-electron chi connectivity index (χ0n) is 60.8. The number of fused-ring (bicyclic) bond motifs is 39. The fourth-order valence-electron chi connectivity index (χ4n) is 17.0. The van der Waals surface area contributed by atoms with Crippen molar-refractivity contribution in [3.8, 4) is 17.1 Å². The molecular formula is C93H57N3O3S12. The maximum Gasteiger partial charge on any atom is 0.171 e. The fourth-order valence-corrected chi connectivity index (χ4v) is 35.1. The van der Waals surface area contributed by atoms with Crippen LogP contribution in [0.1, 0.15) is 50.1 Å². The van der Waals surface area contributed by atoms with Crippen LogP contribution < -0.4 is 0 Å². The van der Waals surface area contributed by atoms with Crippen LogP contribution in [0.5, 0.6) is 0 Å². The summed E-state index contributed by atoms with van der Waals surface area (Å²) in [5, 5.41) is 7.72. The SMILES string of the molecule is Cc1ccc(-n2c3c4ccc(C)cc4oc3c3sc4c5sc6c7ccc(C)cc7sc6c5sc4c32)cc1.Cc1ccc(-n2c3c4ccc(C)cc4oc3c3sc4c5sc6c7ccc(C)cc7sc6c5sc4c32)cc1.Cc1ccc(-n2c3cc(C)ccc3c3oc4c5sc6c7sc8cc(C)ccc8c7sc6c5sc4c32)cc1. The highest BCUT2D eigenvalue weighted by Gasteiger charge is 2.32. The zero-order chi connectivity index (χ0) is 73.7. The van der Waals surface area contributed by atoms with Gasteiger partial charge in [-0.3, -0.25) is 0 Å². The number of benzene rings is 9. The number of hydrogen-bond donors (Lipinski definition) is 0. The van der Waals surface area contributed by atoms with Gasteiger partial charge in [0, 0.05) is 63.5 Å². The number of furan rings is 3. The molecule has 534 valence electrons. The summed E-state index contributed by atoms with van der Waals surface area (Å²) in [6, 6.07) is 67.1. The van der Waals surface area contributed by atoms with Gasteiger partial charge >= 0.3 is 0 Å². The quantitative estimate of drug-likeness (QED) is 0.177. The highest BCUT2D eigenvalue weighted by molar-refractivity contribution is 7.50. The highest BCUT2D eigenvalue weighted by Crippen LogP contribution is 2.60. The second-order valence-electron chi connectivity index (χ2n) is 30.0. The normalized spacial score (nSPS) is 12.7. The molecule has 0 aliphatic carbocycles. The van der Waals surface area contributed by atoms with Gasteiger partial charge in [0.15, 0.2) is 22.3 Å². The Kier molecular flexibility index (Phi) is 13.7. The van der Waals surface area contributed by atoms with Gasteiger partial charge in [-0.25, -0.2) is 0 Å². The second-order valence-corrected chi connectivity index (χ2v) is 42.4. The van der Waals surface area contributed by atoms with E-state index in [-0.39, 0.29) is 0 Å². The maximum absolute atomic E-state index is 6.78. The van der Waals surface area contributed by atoms with E-state index in [0.29, 0.717) is 0 Å². The molecule has 6 nitrogen and oxygen atoms in total. The van der Waals surface area contributed by atoms with Crippen molar-refractivity contribution in [1.82, 2.24) is 13.7 Å². The molecule has 0 saturated heterocycles. The summed E-state index contributed by atoms with van der Waals surface area (Å²) in [5.41, 5.74) is 28.4. The third kappa shape index (κ3) is 9.15. The Morgan fingerprint density at radius 2 is 0.477 bits per heavy atom. The van der Waals surface area contributed by atoms with Crippen molar-refractivity contribution >= 4 is 348 Å². The Morgan fingerprint density at radius 3 is 0.883 bits per heavy atom. The van der Waals surface area contributed by atoms with Gasteiger partial charge in [-0.15, -0.1) is 136 Å². The molecule has 9 aromatic carbocycles. The third-order valence-corrected chi connectivity index (χ3v) is 38.7. The summed E-state index contributed by atoms with van der Waals surface area (Å²) in [5.74, 6) is 0. The first kappa shape index (κ1) is 65.1. The lowest BCUT2D eigenvalue weighted by Gasteiger charge is -2.07. The molecule has 0 radical (unpaired) electrons. The van der Waals surface area contributed by atoms with Gasteiger partial charge in [-0.05, 0) is 187 Å². The number of hydrogen-bond acceptors (Lipinski definition) is 15. The molecule has 111 heavy (non-hydrogen) atoms. The predicted molar refractivity (Wildman–Crippen MR) is 499 cm³/mol. The van der Waals surface area contributed by atoms with E-state index in [2.05, 4.69) is 258 Å². The van der Waals surface area contributed by atoms with E-state index < -0.39 is 0 Å². The van der Waals surface area contributed by atoms with Crippen LogP contribution in [0.25, 0.3) is 229 Å². The largest absolute Gasteiger partial charge is 0.453 e. The zero-order valence-corrected chi connectivity index (χ0v) is 70.6. The first-order valence-corrected chi connectivity index (χ1v) is 46.6. The summed E-state index contributed by atoms with van der Waals surface area (Å²) in [7, 11) is 0. The van der Waals surface area contributed by atoms with E-state index in [1.165, 1.54) is 245 Å². The third-order valence-electron chi connectivity index (χ3n) is 22.3. The molecule has 0 spiro atoms. The summed E-state index contributed by atoms with van der Waals surface area (Å²) in [6.45, 7) is 19.4. The molecule has 27 aromatic rings. The van der Waals surface area contributed by atoms with Gasteiger partial charge in [0.05, 0.1) is 115 Å². The predicted octanol–water partition coefficient (Wildman–Crippen LogP) is 33.9. The summed E-state index contributed by atoms with van der Waals surface area (Å²) in [4.78, 5) is 0. The Balaban J connectivity index is 0.0000000947.